The van der Waals surface area contributed by atoms with E-state index in [2.05, 4.69) is 20.9 Å². The van der Waals surface area contributed by atoms with Gasteiger partial charge in [0.15, 0.2) is 5.70 Å². The van der Waals surface area contributed by atoms with Gasteiger partial charge in [-0.15, -0.1) is 0 Å². The third kappa shape index (κ3) is 3.63. The van der Waals surface area contributed by atoms with E-state index in [9.17, 15) is 4.79 Å². The second kappa shape index (κ2) is 7.27. The Labute approximate surface area is 148 Å². The maximum atomic E-state index is 12.0. The highest BCUT2D eigenvalue weighted by Crippen LogP contribution is 2.26. The van der Waals surface area contributed by atoms with Crippen LogP contribution in [-0.2, 0) is 9.53 Å². The highest BCUT2D eigenvalue weighted by atomic mass is 79.9. The van der Waals surface area contributed by atoms with Crippen molar-refractivity contribution in [2.75, 3.05) is 7.11 Å². The van der Waals surface area contributed by atoms with Crippen molar-refractivity contribution in [3.05, 3.63) is 82.0 Å². The summed E-state index contributed by atoms with van der Waals surface area (Å²) in [7, 11) is 1.59. The number of cyclic esters (lactones) is 1. The fourth-order valence-electron chi connectivity index (χ4n) is 2.15. The lowest BCUT2D eigenvalue weighted by Crippen LogP contribution is -2.06. The van der Waals surface area contributed by atoms with Gasteiger partial charge in [0.1, 0.15) is 5.75 Å². The molecular formula is C19H14BrNO3. The van der Waals surface area contributed by atoms with Crippen LogP contribution in [0.25, 0.3) is 6.08 Å². The van der Waals surface area contributed by atoms with E-state index in [1.54, 1.807) is 37.5 Å². The molecule has 24 heavy (non-hydrogen) atoms. The smallest absolute Gasteiger partial charge is 0.363 e. The molecule has 0 N–H and O–H groups in total. The molecule has 120 valence electrons. The van der Waals surface area contributed by atoms with Crippen LogP contribution in [0.2, 0.25) is 0 Å². The Morgan fingerprint density at radius 2 is 1.96 bits per heavy atom. The first kappa shape index (κ1) is 16.2. The minimum absolute atomic E-state index is 0.264. The standard InChI is InChI=1S/C19H14BrNO3/c1-23-14-10-11-15(16(20)12-14)18-21-17(19(22)24-18)9-5-8-13-6-3-2-4-7-13/h2-12H,1H3/b8-5+,17-9-. The molecule has 0 bridgehead atoms. The monoisotopic (exact) mass is 383 g/mol. The molecule has 2 aromatic carbocycles. The summed E-state index contributed by atoms with van der Waals surface area (Å²) in [5, 5.41) is 0. The maximum absolute atomic E-state index is 12.0. The van der Waals surface area contributed by atoms with E-state index in [0.717, 1.165) is 10.0 Å². The Morgan fingerprint density at radius 3 is 2.67 bits per heavy atom. The first-order valence-corrected chi connectivity index (χ1v) is 8.05. The number of allylic oxidation sites excluding steroid dienone is 2. The third-order valence-corrected chi connectivity index (χ3v) is 4.03. The lowest BCUT2D eigenvalue weighted by Gasteiger charge is -2.05. The number of aliphatic imine (C=N–C) groups is 1. The van der Waals surface area contributed by atoms with Crippen molar-refractivity contribution < 1.29 is 14.3 Å². The van der Waals surface area contributed by atoms with Gasteiger partial charge in [0.05, 0.1) is 12.7 Å². The molecule has 1 aliphatic rings. The molecule has 0 fully saturated rings. The van der Waals surface area contributed by atoms with Gasteiger partial charge in [0.2, 0.25) is 5.90 Å². The van der Waals surface area contributed by atoms with Crippen molar-refractivity contribution >= 4 is 33.9 Å². The van der Waals surface area contributed by atoms with E-state index >= 15 is 0 Å². The van der Waals surface area contributed by atoms with Gasteiger partial charge < -0.3 is 9.47 Å². The lowest BCUT2D eigenvalue weighted by atomic mass is 10.2. The fourth-order valence-corrected chi connectivity index (χ4v) is 2.68. The summed E-state index contributed by atoms with van der Waals surface area (Å²) < 4.78 is 11.2. The zero-order valence-electron chi connectivity index (χ0n) is 12.9. The number of halogens is 1. The van der Waals surface area contributed by atoms with Crippen LogP contribution in [0.3, 0.4) is 0 Å². The van der Waals surface area contributed by atoms with Gasteiger partial charge >= 0.3 is 5.97 Å². The molecule has 4 nitrogen and oxygen atoms in total. The van der Waals surface area contributed by atoms with Gasteiger partial charge in [-0.1, -0.05) is 42.5 Å². The van der Waals surface area contributed by atoms with Crippen LogP contribution >= 0.6 is 15.9 Å². The number of hydrogen-bond acceptors (Lipinski definition) is 4. The molecule has 5 heteroatoms. The van der Waals surface area contributed by atoms with Crippen LogP contribution in [0, 0.1) is 0 Å². The van der Waals surface area contributed by atoms with Crippen molar-refractivity contribution in [1.29, 1.82) is 0 Å². The highest BCUT2D eigenvalue weighted by molar-refractivity contribution is 9.10. The van der Waals surface area contributed by atoms with Crippen LogP contribution in [0.5, 0.6) is 5.75 Å². The molecule has 0 spiro atoms. The minimum Gasteiger partial charge on any atom is -0.497 e. The van der Waals surface area contributed by atoms with E-state index in [0.29, 0.717) is 11.3 Å². The predicted octanol–water partition coefficient (Wildman–Crippen LogP) is 4.36. The molecular weight excluding hydrogens is 370 g/mol. The number of carbonyl (C=O) groups excluding carboxylic acids is 1. The molecule has 0 radical (unpaired) electrons. The van der Waals surface area contributed by atoms with Crippen molar-refractivity contribution in [2.45, 2.75) is 0 Å². The summed E-state index contributed by atoms with van der Waals surface area (Å²) in [5.74, 6) is 0.511. The predicted molar refractivity (Wildman–Crippen MR) is 96.9 cm³/mol. The molecule has 0 aromatic heterocycles. The molecule has 0 atom stereocenters. The lowest BCUT2D eigenvalue weighted by molar-refractivity contribution is -0.130. The van der Waals surface area contributed by atoms with E-state index in [1.807, 2.05) is 36.4 Å². The van der Waals surface area contributed by atoms with Crippen molar-refractivity contribution in [3.63, 3.8) is 0 Å². The minimum atomic E-state index is -0.467. The van der Waals surface area contributed by atoms with E-state index in [1.165, 1.54) is 0 Å². The van der Waals surface area contributed by atoms with Crippen molar-refractivity contribution in [3.8, 4) is 5.75 Å². The summed E-state index contributed by atoms with van der Waals surface area (Å²) in [6.45, 7) is 0. The summed E-state index contributed by atoms with van der Waals surface area (Å²) in [5.41, 5.74) is 2.00. The Hall–Kier alpha value is -2.66. The van der Waals surface area contributed by atoms with Crippen LogP contribution in [-0.4, -0.2) is 19.0 Å². The molecule has 0 unspecified atom stereocenters. The first-order chi connectivity index (χ1) is 11.7. The Morgan fingerprint density at radius 1 is 1.17 bits per heavy atom. The number of hydrogen-bond donors (Lipinski definition) is 0. The number of esters is 1. The topological polar surface area (TPSA) is 47.9 Å². The fraction of sp³-hybridized carbons (Fsp3) is 0.0526. The number of nitrogens with zero attached hydrogens (tertiary/aromatic N) is 1. The maximum Gasteiger partial charge on any atom is 0.363 e. The summed E-state index contributed by atoms with van der Waals surface area (Å²) >= 11 is 3.44. The van der Waals surface area contributed by atoms with Gasteiger partial charge in [-0.25, -0.2) is 9.79 Å². The second-order valence-electron chi connectivity index (χ2n) is 4.97. The van der Waals surface area contributed by atoms with Gasteiger partial charge in [-0.05, 0) is 45.8 Å². The molecule has 0 saturated carbocycles. The number of rotatable bonds is 4. The molecule has 2 aromatic rings. The number of methoxy groups -OCH3 is 1. The van der Waals surface area contributed by atoms with Crippen LogP contribution in [0.4, 0.5) is 0 Å². The van der Waals surface area contributed by atoms with Crippen LogP contribution < -0.4 is 4.74 Å². The zero-order chi connectivity index (χ0) is 16.9. The SMILES string of the molecule is COc1ccc(C2=N/C(=C\C=C\c3ccccc3)C(=O)O2)c(Br)c1. The van der Waals surface area contributed by atoms with E-state index in [4.69, 9.17) is 9.47 Å². The molecule has 0 aliphatic carbocycles. The van der Waals surface area contributed by atoms with Crippen molar-refractivity contribution in [1.82, 2.24) is 0 Å². The molecule has 1 heterocycles. The van der Waals surface area contributed by atoms with Gasteiger partial charge in [0.25, 0.3) is 0 Å². The van der Waals surface area contributed by atoms with E-state index < -0.39 is 5.97 Å². The molecule has 0 saturated heterocycles. The summed E-state index contributed by atoms with van der Waals surface area (Å²) in [6, 6.07) is 15.2. The Balaban J connectivity index is 1.83. The Kier molecular flexibility index (Phi) is 4.91. The average molecular weight is 384 g/mol. The molecule has 3 rings (SSSR count). The van der Waals surface area contributed by atoms with Gasteiger partial charge in [-0.3, -0.25) is 0 Å². The third-order valence-electron chi connectivity index (χ3n) is 3.37. The molecule has 0 amide bonds. The van der Waals surface area contributed by atoms with Gasteiger partial charge in [0, 0.05) is 4.47 Å². The molecule has 1 aliphatic heterocycles. The van der Waals surface area contributed by atoms with Gasteiger partial charge in [-0.2, -0.15) is 0 Å². The highest BCUT2D eigenvalue weighted by Gasteiger charge is 2.25. The summed E-state index contributed by atoms with van der Waals surface area (Å²) in [6.07, 6.45) is 5.32. The average Bonchev–Trinajstić information content (AvgIpc) is 2.96. The van der Waals surface area contributed by atoms with Crippen molar-refractivity contribution in [2.24, 2.45) is 4.99 Å². The number of carbonyl (C=O) groups is 1. The van der Waals surface area contributed by atoms with E-state index in [-0.39, 0.29) is 11.6 Å². The zero-order valence-corrected chi connectivity index (χ0v) is 14.5. The quantitative estimate of drug-likeness (QED) is 0.582. The summed E-state index contributed by atoms with van der Waals surface area (Å²) in [4.78, 5) is 16.2. The first-order valence-electron chi connectivity index (χ1n) is 7.25. The number of ether oxygens (including phenoxy) is 2. The largest absolute Gasteiger partial charge is 0.497 e. The second-order valence-corrected chi connectivity index (χ2v) is 5.83. The van der Waals surface area contributed by atoms with Crippen LogP contribution in [0.1, 0.15) is 11.1 Å². The Bertz CT molecular complexity index is 854. The van der Waals surface area contributed by atoms with Crippen LogP contribution in [0.15, 0.2) is 75.8 Å². The normalized spacial score (nSPS) is 15.7. The number of benzene rings is 2.